The Morgan fingerprint density at radius 3 is 2.44 bits per heavy atom. The molecule has 0 saturated carbocycles. The van der Waals surface area contributed by atoms with E-state index in [0.29, 0.717) is 18.3 Å². The molecule has 176 valence electrons. The van der Waals surface area contributed by atoms with Gasteiger partial charge in [0.25, 0.3) is 0 Å². The number of benzene rings is 1. The summed E-state index contributed by atoms with van der Waals surface area (Å²) in [5, 5.41) is 10.2. The van der Waals surface area contributed by atoms with Gasteiger partial charge in [0.2, 0.25) is 17.6 Å². The summed E-state index contributed by atoms with van der Waals surface area (Å²) in [6, 6.07) is 8.42. The molecule has 1 saturated heterocycles. The first kappa shape index (κ1) is 24.4. The molecule has 7 nitrogen and oxygen atoms in total. The van der Waals surface area contributed by atoms with Crippen molar-refractivity contribution in [1.29, 1.82) is 0 Å². The number of unbranched alkanes of at least 4 members (excludes halogenated alkanes) is 7. The molecule has 7 heteroatoms. The molecule has 0 aliphatic carbocycles. The highest BCUT2D eigenvalue weighted by Crippen LogP contribution is 2.18. The number of rotatable bonds is 14. The molecular weight excluding hydrogens is 402 g/mol. The van der Waals surface area contributed by atoms with Gasteiger partial charge in [0.05, 0.1) is 13.1 Å². The van der Waals surface area contributed by atoms with Gasteiger partial charge in [0.15, 0.2) is 0 Å². The predicted molar refractivity (Wildman–Crippen MR) is 127 cm³/mol. The summed E-state index contributed by atoms with van der Waals surface area (Å²) >= 11 is 0. The Kier molecular flexibility index (Phi) is 10.7. The number of aromatic nitrogens is 2. The second-order valence-electron chi connectivity index (χ2n) is 8.74. The van der Waals surface area contributed by atoms with Crippen LogP contribution in [0.5, 0.6) is 0 Å². The van der Waals surface area contributed by atoms with Gasteiger partial charge in [-0.25, -0.2) is 0 Å². The van der Waals surface area contributed by atoms with E-state index in [9.17, 15) is 4.79 Å². The summed E-state index contributed by atoms with van der Waals surface area (Å²) in [4.78, 5) is 18.7. The normalized spacial score (nSPS) is 14.5. The van der Waals surface area contributed by atoms with E-state index in [4.69, 9.17) is 4.52 Å². The van der Waals surface area contributed by atoms with Crippen molar-refractivity contribution in [3.8, 4) is 11.4 Å². The SMILES string of the molecule is CCCCCCCCCCc1ccc(-c2noc(CNC(=O)CN3CCNCC3)n2)cc1. The molecule has 2 aromatic rings. The minimum absolute atomic E-state index is 0.0167. The van der Waals surface area contributed by atoms with Crippen LogP contribution in [0.3, 0.4) is 0 Å². The van der Waals surface area contributed by atoms with E-state index in [1.165, 1.54) is 56.9 Å². The molecule has 2 N–H and O–H groups in total. The zero-order chi connectivity index (χ0) is 22.4. The number of hydrogen-bond donors (Lipinski definition) is 2. The fourth-order valence-corrected chi connectivity index (χ4v) is 4.03. The van der Waals surface area contributed by atoms with E-state index in [2.05, 4.69) is 56.9 Å². The van der Waals surface area contributed by atoms with Crippen molar-refractivity contribution in [3.05, 3.63) is 35.7 Å². The minimum Gasteiger partial charge on any atom is -0.346 e. The highest BCUT2D eigenvalue weighted by Gasteiger charge is 2.14. The van der Waals surface area contributed by atoms with Crippen molar-refractivity contribution in [2.24, 2.45) is 0 Å². The van der Waals surface area contributed by atoms with E-state index in [-0.39, 0.29) is 12.5 Å². The predicted octanol–water partition coefficient (Wildman–Crippen LogP) is 3.94. The number of hydrogen-bond acceptors (Lipinski definition) is 6. The van der Waals surface area contributed by atoms with Crippen molar-refractivity contribution < 1.29 is 9.32 Å². The topological polar surface area (TPSA) is 83.3 Å². The maximum Gasteiger partial charge on any atom is 0.246 e. The van der Waals surface area contributed by atoms with Crippen molar-refractivity contribution in [3.63, 3.8) is 0 Å². The zero-order valence-electron chi connectivity index (χ0n) is 19.6. The van der Waals surface area contributed by atoms with Crippen LogP contribution in [0, 0.1) is 0 Å². The van der Waals surface area contributed by atoms with E-state index in [1.807, 2.05) is 0 Å². The Morgan fingerprint density at radius 1 is 1.03 bits per heavy atom. The van der Waals surface area contributed by atoms with Crippen LogP contribution >= 0.6 is 0 Å². The molecule has 32 heavy (non-hydrogen) atoms. The average Bonchev–Trinajstić information content (AvgIpc) is 3.30. The Balaban J connectivity index is 1.34. The number of piperazine rings is 1. The Morgan fingerprint density at radius 2 is 1.72 bits per heavy atom. The Hall–Kier alpha value is -2.25. The molecule has 2 heterocycles. The van der Waals surface area contributed by atoms with E-state index < -0.39 is 0 Å². The molecular formula is C25H39N5O2. The van der Waals surface area contributed by atoms with Crippen LogP contribution in [0.1, 0.15) is 69.7 Å². The molecule has 0 spiro atoms. The number of nitrogens with one attached hydrogen (secondary N) is 2. The zero-order valence-corrected chi connectivity index (χ0v) is 19.6. The molecule has 1 aromatic heterocycles. The van der Waals surface area contributed by atoms with Crippen LogP contribution < -0.4 is 10.6 Å². The fraction of sp³-hybridized carbons (Fsp3) is 0.640. The van der Waals surface area contributed by atoms with Gasteiger partial charge in [-0.05, 0) is 18.4 Å². The fourth-order valence-electron chi connectivity index (χ4n) is 4.03. The lowest BCUT2D eigenvalue weighted by Crippen LogP contribution is -2.47. The number of carbonyl (C=O) groups is 1. The smallest absolute Gasteiger partial charge is 0.246 e. The molecule has 1 aliphatic heterocycles. The number of nitrogens with zero attached hydrogens (tertiary/aromatic N) is 3. The number of aryl methyl sites for hydroxylation is 1. The first-order valence-corrected chi connectivity index (χ1v) is 12.4. The number of carbonyl (C=O) groups excluding carboxylic acids is 1. The Labute approximate surface area is 192 Å². The van der Waals surface area contributed by atoms with Crippen LogP contribution in [0.2, 0.25) is 0 Å². The van der Waals surface area contributed by atoms with Crippen molar-refractivity contribution >= 4 is 5.91 Å². The standard InChI is InChI=1S/C25H39N5O2/c1-2-3-4-5-6-7-8-9-10-21-11-13-22(14-12-21)25-28-24(32-29-25)19-27-23(31)20-30-17-15-26-16-18-30/h11-14,26H,2-10,15-20H2,1H3,(H,27,31). The molecule has 0 atom stereocenters. The van der Waals surface area contributed by atoms with Crippen LogP contribution in [0.25, 0.3) is 11.4 Å². The summed E-state index contributed by atoms with van der Waals surface area (Å²) in [5.74, 6) is 0.976. The highest BCUT2D eigenvalue weighted by atomic mass is 16.5. The summed E-state index contributed by atoms with van der Waals surface area (Å²) < 4.78 is 5.32. The Bertz CT molecular complexity index is 784. The monoisotopic (exact) mass is 441 g/mol. The molecule has 1 aliphatic rings. The third-order valence-electron chi connectivity index (χ3n) is 6.01. The average molecular weight is 442 g/mol. The van der Waals surface area contributed by atoms with Gasteiger partial charge in [-0.3, -0.25) is 9.69 Å². The quantitative estimate of drug-likeness (QED) is 0.432. The van der Waals surface area contributed by atoms with E-state index in [0.717, 1.165) is 38.2 Å². The number of amides is 1. The van der Waals surface area contributed by atoms with Gasteiger partial charge in [0.1, 0.15) is 0 Å². The molecule has 0 unspecified atom stereocenters. The third kappa shape index (κ3) is 8.71. The highest BCUT2D eigenvalue weighted by molar-refractivity contribution is 5.77. The molecule has 1 fully saturated rings. The largest absolute Gasteiger partial charge is 0.346 e. The third-order valence-corrected chi connectivity index (χ3v) is 6.01. The summed E-state index contributed by atoms with van der Waals surface area (Å²) in [5.41, 5.74) is 2.29. The second-order valence-corrected chi connectivity index (χ2v) is 8.74. The summed E-state index contributed by atoms with van der Waals surface area (Å²) in [6.45, 7) is 6.58. The second kappa shape index (κ2) is 14.0. The lowest BCUT2D eigenvalue weighted by molar-refractivity contribution is -0.122. The molecule has 1 aromatic carbocycles. The van der Waals surface area contributed by atoms with Gasteiger partial charge < -0.3 is 15.2 Å². The van der Waals surface area contributed by atoms with Crippen LogP contribution in [0.15, 0.2) is 28.8 Å². The van der Waals surface area contributed by atoms with Crippen LogP contribution in [0.4, 0.5) is 0 Å². The maximum atomic E-state index is 12.1. The van der Waals surface area contributed by atoms with Crippen LogP contribution in [-0.4, -0.2) is 53.7 Å². The summed E-state index contributed by atoms with van der Waals surface area (Å²) in [7, 11) is 0. The van der Waals surface area contributed by atoms with Crippen molar-refractivity contribution in [1.82, 2.24) is 25.7 Å². The lowest BCUT2D eigenvalue weighted by atomic mass is 10.0. The van der Waals surface area contributed by atoms with E-state index >= 15 is 0 Å². The molecule has 3 rings (SSSR count). The first-order valence-electron chi connectivity index (χ1n) is 12.4. The minimum atomic E-state index is -0.0167. The molecule has 0 bridgehead atoms. The maximum absolute atomic E-state index is 12.1. The van der Waals surface area contributed by atoms with Crippen molar-refractivity contribution in [2.45, 2.75) is 71.3 Å². The molecule has 0 radical (unpaired) electrons. The van der Waals surface area contributed by atoms with E-state index in [1.54, 1.807) is 0 Å². The summed E-state index contributed by atoms with van der Waals surface area (Å²) in [6.07, 6.45) is 11.8. The van der Waals surface area contributed by atoms with Gasteiger partial charge in [-0.15, -0.1) is 0 Å². The van der Waals surface area contributed by atoms with Gasteiger partial charge in [-0.2, -0.15) is 4.98 Å². The van der Waals surface area contributed by atoms with Gasteiger partial charge in [0, 0.05) is 31.7 Å². The van der Waals surface area contributed by atoms with Crippen LogP contribution in [-0.2, 0) is 17.8 Å². The first-order chi connectivity index (χ1) is 15.7. The van der Waals surface area contributed by atoms with Crippen molar-refractivity contribution in [2.75, 3.05) is 32.7 Å². The lowest BCUT2D eigenvalue weighted by Gasteiger charge is -2.26. The van der Waals surface area contributed by atoms with Gasteiger partial charge in [-0.1, -0.05) is 81.3 Å². The van der Waals surface area contributed by atoms with Gasteiger partial charge >= 0.3 is 0 Å². The molecule has 1 amide bonds.